The van der Waals surface area contributed by atoms with Gasteiger partial charge in [0.2, 0.25) is 5.91 Å². The zero-order valence-corrected chi connectivity index (χ0v) is 18.3. The van der Waals surface area contributed by atoms with E-state index in [0.29, 0.717) is 17.9 Å². The molecule has 1 N–H and O–H groups in total. The Hall–Kier alpha value is -3.02. The van der Waals surface area contributed by atoms with Crippen molar-refractivity contribution >= 4 is 23.2 Å². The third kappa shape index (κ3) is 5.32. The lowest BCUT2D eigenvalue weighted by molar-refractivity contribution is -0.139. The van der Waals surface area contributed by atoms with Crippen LogP contribution in [0.5, 0.6) is 5.75 Å². The normalized spacial score (nSPS) is 14.4. The number of piperazine rings is 1. The van der Waals surface area contributed by atoms with Crippen LogP contribution in [0.4, 0.5) is 11.4 Å². The SMILES string of the molecule is CCOc1cccc(C(=O)Nc2ccc(N3CCN(C(=O)C(C)(C)C)CC3)cc2)c1. The molecule has 0 saturated carbocycles. The molecule has 1 aliphatic heterocycles. The topological polar surface area (TPSA) is 61.9 Å². The molecule has 0 bridgehead atoms. The molecular weight excluding hydrogens is 378 g/mol. The van der Waals surface area contributed by atoms with Crippen LogP contribution in [0.3, 0.4) is 0 Å². The minimum atomic E-state index is -0.343. The quantitative estimate of drug-likeness (QED) is 0.810. The van der Waals surface area contributed by atoms with Gasteiger partial charge in [0.05, 0.1) is 6.61 Å². The molecule has 6 nitrogen and oxygen atoms in total. The number of hydrogen-bond acceptors (Lipinski definition) is 4. The molecule has 1 fully saturated rings. The Morgan fingerprint density at radius 2 is 1.67 bits per heavy atom. The highest BCUT2D eigenvalue weighted by Crippen LogP contribution is 2.23. The summed E-state index contributed by atoms with van der Waals surface area (Å²) < 4.78 is 5.46. The largest absolute Gasteiger partial charge is 0.494 e. The van der Waals surface area contributed by atoms with Crippen LogP contribution >= 0.6 is 0 Å². The minimum absolute atomic E-state index is 0.168. The highest BCUT2D eigenvalue weighted by molar-refractivity contribution is 6.04. The second-order valence-electron chi connectivity index (χ2n) is 8.49. The molecule has 0 spiro atoms. The van der Waals surface area contributed by atoms with Crippen LogP contribution in [0.25, 0.3) is 0 Å². The van der Waals surface area contributed by atoms with Gasteiger partial charge in [0.1, 0.15) is 5.75 Å². The van der Waals surface area contributed by atoms with Crippen LogP contribution in [0, 0.1) is 5.41 Å². The average molecular weight is 410 g/mol. The first-order valence-corrected chi connectivity index (χ1v) is 10.5. The maximum atomic E-state index is 12.5. The van der Waals surface area contributed by atoms with Crippen molar-refractivity contribution in [3.8, 4) is 5.75 Å². The molecule has 3 rings (SSSR count). The van der Waals surface area contributed by atoms with Gasteiger partial charge in [-0.25, -0.2) is 0 Å². The van der Waals surface area contributed by atoms with E-state index in [-0.39, 0.29) is 17.2 Å². The fourth-order valence-electron chi connectivity index (χ4n) is 3.49. The van der Waals surface area contributed by atoms with E-state index in [0.717, 1.165) is 37.6 Å². The fraction of sp³-hybridized carbons (Fsp3) is 0.417. The summed E-state index contributed by atoms with van der Waals surface area (Å²) in [4.78, 5) is 29.2. The van der Waals surface area contributed by atoms with E-state index in [2.05, 4.69) is 10.2 Å². The number of hydrogen-bond donors (Lipinski definition) is 1. The van der Waals surface area contributed by atoms with Gasteiger partial charge >= 0.3 is 0 Å². The first-order chi connectivity index (χ1) is 14.3. The minimum Gasteiger partial charge on any atom is -0.494 e. The number of carbonyl (C=O) groups is 2. The van der Waals surface area contributed by atoms with Crippen LogP contribution in [-0.2, 0) is 4.79 Å². The van der Waals surface area contributed by atoms with Gasteiger partial charge in [0.25, 0.3) is 5.91 Å². The van der Waals surface area contributed by atoms with Crippen molar-refractivity contribution in [1.82, 2.24) is 4.90 Å². The Morgan fingerprint density at radius 3 is 2.27 bits per heavy atom. The summed E-state index contributed by atoms with van der Waals surface area (Å²) in [6.45, 7) is 11.4. The van der Waals surface area contributed by atoms with Crippen molar-refractivity contribution in [2.75, 3.05) is 43.0 Å². The molecule has 0 atom stereocenters. The van der Waals surface area contributed by atoms with Gasteiger partial charge in [-0.05, 0) is 49.4 Å². The molecular formula is C24H31N3O3. The van der Waals surface area contributed by atoms with Crippen LogP contribution in [0.1, 0.15) is 38.1 Å². The first-order valence-electron chi connectivity index (χ1n) is 10.5. The molecule has 0 radical (unpaired) electrons. The van der Waals surface area contributed by atoms with E-state index < -0.39 is 0 Å². The van der Waals surface area contributed by atoms with Crippen molar-refractivity contribution in [3.63, 3.8) is 0 Å². The van der Waals surface area contributed by atoms with E-state index in [1.165, 1.54) is 0 Å². The van der Waals surface area contributed by atoms with Crippen LogP contribution in [0.15, 0.2) is 48.5 Å². The summed E-state index contributed by atoms with van der Waals surface area (Å²) in [6, 6.07) is 15.0. The monoisotopic (exact) mass is 409 g/mol. The lowest BCUT2D eigenvalue weighted by Crippen LogP contribution is -2.51. The number of anilines is 2. The molecule has 1 saturated heterocycles. The maximum Gasteiger partial charge on any atom is 0.255 e. The zero-order chi connectivity index (χ0) is 21.7. The number of benzene rings is 2. The standard InChI is InChI=1S/C24H31N3O3/c1-5-30-21-8-6-7-18(17-21)22(28)25-19-9-11-20(12-10-19)26-13-15-27(16-14-26)23(29)24(2,3)4/h6-12,17H,5,13-16H2,1-4H3,(H,25,28). The van der Waals surface area contributed by atoms with E-state index in [9.17, 15) is 9.59 Å². The molecule has 160 valence electrons. The van der Waals surface area contributed by atoms with Crippen molar-refractivity contribution in [2.45, 2.75) is 27.7 Å². The summed E-state index contributed by atoms with van der Waals surface area (Å²) in [5.74, 6) is 0.719. The number of carbonyl (C=O) groups excluding carboxylic acids is 2. The van der Waals surface area contributed by atoms with E-state index in [1.54, 1.807) is 12.1 Å². The maximum absolute atomic E-state index is 12.5. The molecule has 1 aliphatic rings. The molecule has 2 aromatic carbocycles. The highest BCUT2D eigenvalue weighted by atomic mass is 16.5. The van der Waals surface area contributed by atoms with Gasteiger partial charge in [-0.1, -0.05) is 26.8 Å². The smallest absolute Gasteiger partial charge is 0.255 e. The molecule has 1 heterocycles. The van der Waals surface area contributed by atoms with Gasteiger partial charge in [0, 0.05) is 48.5 Å². The summed E-state index contributed by atoms with van der Waals surface area (Å²) in [6.07, 6.45) is 0. The molecule has 30 heavy (non-hydrogen) atoms. The summed E-state index contributed by atoms with van der Waals surface area (Å²) in [7, 11) is 0. The number of nitrogens with one attached hydrogen (secondary N) is 1. The van der Waals surface area contributed by atoms with E-state index in [1.807, 2.05) is 69.0 Å². The van der Waals surface area contributed by atoms with Crippen LogP contribution in [-0.4, -0.2) is 49.5 Å². The number of amides is 2. The predicted molar refractivity (Wildman–Crippen MR) is 120 cm³/mol. The Labute approximate surface area is 178 Å². The molecule has 2 amide bonds. The predicted octanol–water partition coefficient (Wildman–Crippen LogP) is 4.03. The molecule has 0 aliphatic carbocycles. The number of ether oxygens (including phenoxy) is 1. The first kappa shape index (κ1) is 21.7. The van der Waals surface area contributed by atoms with Gasteiger partial charge in [-0.2, -0.15) is 0 Å². The lowest BCUT2D eigenvalue weighted by atomic mass is 9.94. The molecule has 6 heteroatoms. The van der Waals surface area contributed by atoms with E-state index in [4.69, 9.17) is 4.74 Å². The summed E-state index contributed by atoms with van der Waals surface area (Å²) >= 11 is 0. The fourth-order valence-corrected chi connectivity index (χ4v) is 3.49. The number of nitrogens with zero attached hydrogens (tertiary/aromatic N) is 2. The third-order valence-corrected chi connectivity index (χ3v) is 5.11. The van der Waals surface area contributed by atoms with Crippen molar-refractivity contribution in [3.05, 3.63) is 54.1 Å². The van der Waals surface area contributed by atoms with Gasteiger partial charge in [0.15, 0.2) is 0 Å². The average Bonchev–Trinajstić information content (AvgIpc) is 2.74. The molecule has 0 aromatic heterocycles. The second-order valence-corrected chi connectivity index (χ2v) is 8.49. The molecule has 0 unspecified atom stereocenters. The van der Waals surface area contributed by atoms with Gasteiger partial charge in [-0.3, -0.25) is 9.59 Å². The Bertz CT molecular complexity index is 879. The Morgan fingerprint density at radius 1 is 1.00 bits per heavy atom. The Balaban J connectivity index is 1.57. The lowest BCUT2D eigenvalue weighted by Gasteiger charge is -2.38. The summed E-state index contributed by atoms with van der Waals surface area (Å²) in [5, 5.41) is 2.93. The van der Waals surface area contributed by atoms with Crippen LogP contribution < -0.4 is 15.0 Å². The summed E-state index contributed by atoms with van der Waals surface area (Å²) in [5.41, 5.74) is 2.05. The number of rotatable bonds is 5. The van der Waals surface area contributed by atoms with Crippen LogP contribution in [0.2, 0.25) is 0 Å². The van der Waals surface area contributed by atoms with Crippen molar-refractivity contribution < 1.29 is 14.3 Å². The van der Waals surface area contributed by atoms with E-state index >= 15 is 0 Å². The molecule has 2 aromatic rings. The Kier molecular flexibility index (Phi) is 6.65. The second kappa shape index (κ2) is 9.20. The third-order valence-electron chi connectivity index (χ3n) is 5.11. The van der Waals surface area contributed by atoms with Gasteiger partial charge in [-0.15, -0.1) is 0 Å². The van der Waals surface area contributed by atoms with Gasteiger partial charge < -0.3 is 19.9 Å². The van der Waals surface area contributed by atoms with Crippen molar-refractivity contribution in [2.24, 2.45) is 5.41 Å². The highest BCUT2D eigenvalue weighted by Gasteiger charge is 2.29. The zero-order valence-electron chi connectivity index (χ0n) is 18.3. The van der Waals surface area contributed by atoms with Crippen molar-refractivity contribution in [1.29, 1.82) is 0 Å².